The molecule has 1 aromatic carbocycles. The van der Waals surface area contributed by atoms with Crippen molar-refractivity contribution in [1.82, 2.24) is 0 Å². The molecule has 7 heteroatoms. The van der Waals surface area contributed by atoms with E-state index in [1.165, 1.54) is 24.9 Å². The molecule has 0 aromatic heterocycles. The Kier molecular flexibility index (Phi) is 8.56. The monoisotopic (exact) mass is 375 g/mol. The molecule has 134 valence electrons. The average Bonchev–Trinajstić information content (AvgIpc) is 2.56. The van der Waals surface area contributed by atoms with Gasteiger partial charge in [0.25, 0.3) is 0 Å². The third kappa shape index (κ3) is 5.67. The summed E-state index contributed by atoms with van der Waals surface area (Å²) in [6, 6.07) is 2.62. The Balaban J connectivity index is 3.05. The molecule has 1 rings (SSSR count). The van der Waals surface area contributed by atoms with Gasteiger partial charge in [-0.15, -0.1) is 11.8 Å². The summed E-state index contributed by atoms with van der Waals surface area (Å²) >= 11 is 7.31. The Labute approximate surface area is 151 Å². The van der Waals surface area contributed by atoms with E-state index in [2.05, 4.69) is 5.32 Å². The first kappa shape index (κ1) is 20.8. The van der Waals surface area contributed by atoms with Crippen LogP contribution in [0.5, 0.6) is 0 Å². The maximum Gasteiger partial charge on any atom is 0.319 e. The number of esters is 1. The number of thioether (sulfide) groups is 1. The molecular formula is C17H23ClFNO3S. The fraction of sp³-hybridized carbons (Fsp3) is 0.529. The highest BCUT2D eigenvalue weighted by Crippen LogP contribution is 2.36. The molecule has 1 amide bonds. The molecule has 4 nitrogen and oxygen atoms in total. The minimum absolute atomic E-state index is 0.0623. The van der Waals surface area contributed by atoms with E-state index in [-0.39, 0.29) is 28.5 Å². The highest BCUT2D eigenvalue weighted by Gasteiger charge is 2.22. The topological polar surface area (TPSA) is 55.4 Å². The third-order valence-electron chi connectivity index (χ3n) is 3.62. The Morgan fingerprint density at radius 2 is 2.04 bits per heavy atom. The maximum absolute atomic E-state index is 14.1. The van der Waals surface area contributed by atoms with E-state index < -0.39 is 11.1 Å². The number of methoxy groups -OCH3 is 1. The van der Waals surface area contributed by atoms with Crippen molar-refractivity contribution in [3.05, 3.63) is 23.0 Å². The van der Waals surface area contributed by atoms with Gasteiger partial charge >= 0.3 is 5.97 Å². The SMILES string of the molecule is CCCC(Sc1cc(NC(=O)C(C)CC)c(F)cc1Cl)C(=O)OC. The van der Waals surface area contributed by atoms with Crippen molar-refractivity contribution >= 4 is 40.9 Å². The number of rotatable bonds is 8. The fourth-order valence-electron chi connectivity index (χ4n) is 1.93. The van der Waals surface area contributed by atoms with E-state index in [0.29, 0.717) is 17.7 Å². The van der Waals surface area contributed by atoms with Crippen molar-refractivity contribution in [2.45, 2.75) is 50.2 Å². The molecule has 2 atom stereocenters. The van der Waals surface area contributed by atoms with Crippen molar-refractivity contribution in [2.24, 2.45) is 5.92 Å². The van der Waals surface area contributed by atoms with Crippen LogP contribution >= 0.6 is 23.4 Å². The molecule has 2 unspecified atom stereocenters. The average molecular weight is 376 g/mol. The third-order valence-corrected chi connectivity index (χ3v) is 5.35. The van der Waals surface area contributed by atoms with Gasteiger partial charge in [-0.2, -0.15) is 0 Å². The molecule has 1 aromatic rings. The molecule has 0 saturated carbocycles. The second kappa shape index (κ2) is 9.89. The normalized spacial score (nSPS) is 13.2. The molecule has 0 radical (unpaired) electrons. The van der Waals surface area contributed by atoms with Crippen LogP contribution in [0.15, 0.2) is 17.0 Å². The van der Waals surface area contributed by atoms with Gasteiger partial charge in [0.2, 0.25) is 5.91 Å². The van der Waals surface area contributed by atoms with Crippen LogP contribution in [-0.4, -0.2) is 24.2 Å². The molecule has 0 heterocycles. The second-order valence-electron chi connectivity index (χ2n) is 5.48. The number of benzene rings is 1. The summed E-state index contributed by atoms with van der Waals surface area (Å²) in [7, 11) is 1.33. The van der Waals surface area contributed by atoms with Crippen molar-refractivity contribution in [1.29, 1.82) is 0 Å². The first-order valence-corrected chi connectivity index (χ1v) is 9.14. The quantitative estimate of drug-likeness (QED) is 0.518. The highest BCUT2D eigenvalue weighted by molar-refractivity contribution is 8.00. The van der Waals surface area contributed by atoms with E-state index in [4.69, 9.17) is 16.3 Å². The number of carbonyl (C=O) groups excluding carboxylic acids is 2. The lowest BCUT2D eigenvalue weighted by Gasteiger charge is -2.16. The van der Waals surface area contributed by atoms with Gasteiger partial charge in [-0.3, -0.25) is 9.59 Å². The van der Waals surface area contributed by atoms with Gasteiger partial charge in [0.15, 0.2) is 0 Å². The standard InChI is InChI=1S/C17H23ClFNO3S/c1-5-7-14(17(22)23-4)24-15-9-13(12(19)8-11(15)18)20-16(21)10(3)6-2/h8-10,14H,5-7H2,1-4H3,(H,20,21). The van der Waals surface area contributed by atoms with Crippen LogP contribution in [-0.2, 0) is 14.3 Å². The summed E-state index contributed by atoms with van der Waals surface area (Å²) in [5.41, 5.74) is 0.0623. The van der Waals surface area contributed by atoms with E-state index >= 15 is 0 Å². The Morgan fingerprint density at radius 3 is 2.58 bits per heavy atom. The summed E-state index contributed by atoms with van der Waals surface area (Å²) in [4.78, 5) is 24.4. The van der Waals surface area contributed by atoms with Gasteiger partial charge in [0.1, 0.15) is 11.1 Å². The van der Waals surface area contributed by atoms with E-state index in [9.17, 15) is 14.0 Å². The maximum atomic E-state index is 14.1. The van der Waals surface area contributed by atoms with Crippen LogP contribution in [0.4, 0.5) is 10.1 Å². The highest BCUT2D eigenvalue weighted by atomic mass is 35.5. The molecule has 0 bridgehead atoms. The minimum atomic E-state index is -0.605. The van der Waals surface area contributed by atoms with Crippen molar-refractivity contribution in [3.8, 4) is 0 Å². The molecule has 0 aliphatic heterocycles. The molecule has 0 saturated heterocycles. The largest absolute Gasteiger partial charge is 0.468 e. The first-order chi connectivity index (χ1) is 11.3. The minimum Gasteiger partial charge on any atom is -0.468 e. The van der Waals surface area contributed by atoms with Gasteiger partial charge in [-0.05, 0) is 25.0 Å². The second-order valence-corrected chi connectivity index (χ2v) is 7.13. The van der Waals surface area contributed by atoms with Gasteiger partial charge < -0.3 is 10.1 Å². The van der Waals surface area contributed by atoms with Crippen LogP contribution in [0, 0.1) is 11.7 Å². The van der Waals surface area contributed by atoms with Gasteiger partial charge in [0, 0.05) is 10.8 Å². The molecule has 24 heavy (non-hydrogen) atoms. The van der Waals surface area contributed by atoms with Crippen LogP contribution in [0.2, 0.25) is 5.02 Å². The molecule has 0 aliphatic rings. The lowest BCUT2D eigenvalue weighted by Crippen LogP contribution is -2.21. The summed E-state index contributed by atoms with van der Waals surface area (Å²) in [5, 5.41) is 2.34. The van der Waals surface area contributed by atoms with Gasteiger partial charge in [-0.1, -0.05) is 38.8 Å². The zero-order valence-corrected chi connectivity index (χ0v) is 15.9. The molecule has 0 spiro atoms. The molecule has 0 fully saturated rings. The van der Waals surface area contributed by atoms with Crippen LogP contribution in [0.3, 0.4) is 0 Å². The van der Waals surface area contributed by atoms with Crippen LogP contribution in [0.1, 0.15) is 40.0 Å². The predicted octanol–water partition coefficient (Wildman–Crippen LogP) is 4.90. The molecule has 1 N–H and O–H groups in total. The number of anilines is 1. The number of hydrogen-bond donors (Lipinski definition) is 1. The Morgan fingerprint density at radius 1 is 1.38 bits per heavy atom. The summed E-state index contributed by atoms with van der Waals surface area (Å²) in [6.07, 6.45) is 2.06. The molecule has 0 aliphatic carbocycles. The van der Waals surface area contributed by atoms with E-state index in [0.717, 1.165) is 12.5 Å². The van der Waals surface area contributed by atoms with Crippen LogP contribution in [0.25, 0.3) is 0 Å². The Bertz CT molecular complexity index is 597. The summed E-state index contributed by atoms with van der Waals surface area (Å²) in [5.74, 6) is -1.44. The number of nitrogens with one attached hydrogen (secondary N) is 1. The fourth-order valence-corrected chi connectivity index (χ4v) is 3.42. The number of carbonyl (C=O) groups is 2. The summed E-state index contributed by atoms with van der Waals surface area (Å²) in [6.45, 7) is 5.61. The van der Waals surface area contributed by atoms with Crippen LogP contribution < -0.4 is 5.32 Å². The van der Waals surface area contributed by atoms with Crippen molar-refractivity contribution in [2.75, 3.05) is 12.4 Å². The van der Waals surface area contributed by atoms with Gasteiger partial charge in [0.05, 0.1) is 17.8 Å². The van der Waals surface area contributed by atoms with Crippen molar-refractivity contribution < 1.29 is 18.7 Å². The van der Waals surface area contributed by atoms with E-state index in [1.807, 2.05) is 13.8 Å². The Hall–Kier alpha value is -1.27. The zero-order chi connectivity index (χ0) is 18.3. The predicted molar refractivity (Wildman–Crippen MR) is 96.1 cm³/mol. The first-order valence-electron chi connectivity index (χ1n) is 7.88. The number of hydrogen-bond acceptors (Lipinski definition) is 4. The summed E-state index contributed by atoms with van der Waals surface area (Å²) < 4.78 is 18.9. The lowest BCUT2D eigenvalue weighted by molar-refractivity contribution is -0.140. The molecular weight excluding hydrogens is 353 g/mol. The zero-order valence-electron chi connectivity index (χ0n) is 14.3. The van der Waals surface area contributed by atoms with Crippen molar-refractivity contribution in [3.63, 3.8) is 0 Å². The van der Waals surface area contributed by atoms with E-state index in [1.54, 1.807) is 6.92 Å². The lowest BCUT2D eigenvalue weighted by atomic mass is 10.1. The number of ether oxygens (including phenoxy) is 1. The smallest absolute Gasteiger partial charge is 0.319 e. The number of amides is 1. The number of halogens is 2. The van der Waals surface area contributed by atoms with Gasteiger partial charge in [-0.25, -0.2) is 4.39 Å².